The smallest absolute Gasteiger partial charge is 0.152 e. The van der Waals surface area contributed by atoms with Gasteiger partial charge in [-0.2, -0.15) is 0 Å². The molecule has 1 N–H and O–H groups in total. The highest BCUT2D eigenvalue weighted by molar-refractivity contribution is 6.30. The molecule has 1 aromatic carbocycles. The Kier molecular flexibility index (Phi) is 3.01. The molecule has 0 aliphatic rings. The van der Waals surface area contributed by atoms with E-state index in [-0.39, 0.29) is 5.02 Å². The Labute approximate surface area is 97.3 Å². The van der Waals surface area contributed by atoms with Crippen LogP contribution in [-0.2, 0) is 0 Å². The number of hydrogen-bond acceptors (Lipinski definition) is 3. The zero-order valence-corrected chi connectivity index (χ0v) is 9.29. The van der Waals surface area contributed by atoms with Crippen molar-refractivity contribution in [1.29, 1.82) is 0 Å². The molecule has 0 bridgehead atoms. The predicted octanol–water partition coefficient (Wildman–Crippen LogP) is 2.98. The number of nitrogens with one attached hydrogen (secondary N) is 1. The lowest BCUT2D eigenvalue weighted by Crippen LogP contribution is -1.97. The molecule has 2 rings (SSSR count). The van der Waals surface area contributed by atoms with Crippen molar-refractivity contribution >= 4 is 17.4 Å². The third-order valence-corrected chi connectivity index (χ3v) is 2.43. The molecule has 0 unspecified atom stereocenters. The highest BCUT2D eigenvalue weighted by atomic mass is 35.5. The monoisotopic (exact) mass is 237 g/mol. The number of hydrogen-bond donors (Lipinski definition) is 1. The molecule has 0 aliphatic carbocycles. The fraction of sp³-hybridized carbons (Fsp3) is 0.0909. The summed E-state index contributed by atoms with van der Waals surface area (Å²) in [7, 11) is 1.74. The van der Waals surface area contributed by atoms with Gasteiger partial charge in [-0.15, -0.1) is 0 Å². The third kappa shape index (κ3) is 1.97. The van der Waals surface area contributed by atoms with Crippen molar-refractivity contribution < 1.29 is 4.39 Å². The molecule has 0 radical (unpaired) electrons. The van der Waals surface area contributed by atoms with Crippen molar-refractivity contribution in [3.8, 4) is 11.3 Å². The minimum Gasteiger partial charge on any atom is -0.371 e. The van der Waals surface area contributed by atoms with E-state index in [0.717, 1.165) is 0 Å². The van der Waals surface area contributed by atoms with E-state index in [2.05, 4.69) is 15.3 Å². The Bertz CT molecular complexity index is 516. The van der Waals surface area contributed by atoms with E-state index in [1.54, 1.807) is 25.5 Å². The second-order valence-corrected chi connectivity index (χ2v) is 3.54. The van der Waals surface area contributed by atoms with Crippen LogP contribution in [-0.4, -0.2) is 17.0 Å². The van der Waals surface area contributed by atoms with E-state index in [1.165, 1.54) is 12.1 Å². The van der Waals surface area contributed by atoms with E-state index in [1.807, 2.05) is 0 Å². The SMILES string of the molecule is CNc1nccnc1-c1ccc(Cl)c(F)c1. The molecule has 0 aliphatic heterocycles. The maximum absolute atomic E-state index is 13.3. The van der Waals surface area contributed by atoms with Gasteiger partial charge < -0.3 is 5.32 Å². The van der Waals surface area contributed by atoms with Crippen molar-refractivity contribution in [2.24, 2.45) is 0 Å². The summed E-state index contributed by atoms with van der Waals surface area (Å²) >= 11 is 5.62. The van der Waals surface area contributed by atoms with Crippen LogP contribution in [0.15, 0.2) is 30.6 Å². The van der Waals surface area contributed by atoms with Crippen LogP contribution in [0, 0.1) is 5.82 Å². The summed E-state index contributed by atoms with van der Waals surface area (Å²) < 4.78 is 13.3. The average Bonchev–Trinajstić information content (AvgIpc) is 2.32. The first-order valence-corrected chi connectivity index (χ1v) is 5.04. The van der Waals surface area contributed by atoms with Crippen molar-refractivity contribution in [2.45, 2.75) is 0 Å². The molecular formula is C11H9ClFN3. The highest BCUT2D eigenvalue weighted by Crippen LogP contribution is 2.26. The van der Waals surface area contributed by atoms with Gasteiger partial charge in [-0.25, -0.2) is 9.37 Å². The molecule has 0 saturated heterocycles. The van der Waals surface area contributed by atoms with Crippen molar-refractivity contribution in [3.63, 3.8) is 0 Å². The molecule has 1 aromatic heterocycles. The van der Waals surface area contributed by atoms with Gasteiger partial charge in [0.2, 0.25) is 0 Å². The second kappa shape index (κ2) is 4.45. The van der Waals surface area contributed by atoms with Crippen LogP contribution >= 0.6 is 11.6 Å². The minimum absolute atomic E-state index is 0.0960. The van der Waals surface area contributed by atoms with Crippen molar-refractivity contribution in [1.82, 2.24) is 9.97 Å². The standard InChI is InChI=1S/C11H9ClFN3/c1-14-11-10(15-4-5-16-11)7-2-3-8(12)9(13)6-7/h2-6H,1H3,(H,14,16). The van der Waals surface area contributed by atoms with Gasteiger partial charge in [-0.05, 0) is 12.1 Å². The summed E-state index contributed by atoms with van der Waals surface area (Å²) in [4.78, 5) is 8.25. The maximum Gasteiger partial charge on any atom is 0.152 e. The number of anilines is 1. The van der Waals surface area contributed by atoms with Gasteiger partial charge in [0.25, 0.3) is 0 Å². The lowest BCUT2D eigenvalue weighted by Gasteiger charge is -2.06. The predicted molar refractivity (Wildman–Crippen MR) is 62.0 cm³/mol. The van der Waals surface area contributed by atoms with Gasteiger partial charge in [-0.1, -0.05) is 17.7 Å². The average molecular weight is 238 g/mol. The Hall–Kier alpha value is -1.68. The van der Waals surface area contributed by atoms with Crippen molar-refractivity contribution in [2.75, 3.05) is 12.4 Å². The topological polar surface area (TPSA) is 37.8 Å². The van der Waals surface area contributed by atoms with E-state index in [0.29, 0.717) is 17.1 Å². The van der Waals surface area contributed by atoms with Gasteiger partial charge in [0.1, 0.15) is 11.5 Å². The summed E-state index contributed by atoms with van der Waals surface area (Å²) in [5.41, 5.74) is 1.24. The molecule has 0 spiro atoms. The fourth-order valence-electron chi connectivity index (χ4n) is 1.38. The van der Waals surface area contributed by atoms with Crippen molar-refractivity contribution in [3.05, 3.63) is 41.4 Å². The number of rotatable bonds is 2. The zero-order valence-electron chi connectivity index (χ0n) is 8.54. The molecular weight excluding hydrogens is 229 g/mol. The van der Waals surface area contributed by atoms with Gasteiger partial charge in [0.05, 0.1) is 5.02 Å². The molecule has 0 atom stereocenters. The molecule has 16 heavy (non-hydrogen) atoms. The van der Waals surface area contributed by atoms with Crippen LogP contribution in [0.5, 0.6) is 0 Å². The normalized spacial score (nSPS) is 10.2. The van der Waals surface area contributed by atoms with Crippen LogP contribution < -0.4 is 5.32 Å². The quantitative estimate of drug-likeness (QED) is 0.873. The van der Waals surface area contributed by atoms with E-state index in [9.17, 15) is 4.39 Å². The van der Waals surface area contributed by atoms with Crippen LogP contribution in [0.2, 0.25) is 5.02 Å². The van der Waals surface area contributed by atoms with Crippen LogP contribution in [0.1, 0.15) is 0 Å². The number of benzene rings is 1. The molecule has 0 saturated carbocycles. The number of halogens is 2. The molecule has 82 valence electrons. The Balaban J connectivity index is 2.54. The maximum atomic E-state index is 13.3. The Morgan fingerprint density at radius 2 is 2.00 bits per heavy atom. The molecule has 3 nitrogen and oxygen atoms in total. The molecule has 1 heterocycles. The Morgan fingerprint density at radius 3 is 2.69 bits per heavy atom. The van der Waals surface area contributed by atoms with E-state index in [4.69, 9.17) is 11.6 Å². The lowest BCUT2D eigenvalue weighted by molar-refractivity contribution is 0.628. The van der Waals surface area contributed by atoms with Gasteiger partial charge in [-0.3, -0.25) is 4.98 Å². The van der Waals surface area contributed by atoms with Crippen LogP contribution in [0.4, 0.5) is 10.2 Å². The zero-order chi connectivity index (χ0) is 11.5. The van der Waals surface area contributed by atoms with Crippen LogP contribution in [0.3, 0.4) is 0 Å². The summed E-state index contributed by atoms with van der Waals surface area (Å²) in [5, 5.41) is 3.00. The first-order valence-electron chi connectivity index (χ1n) is 4.66. The minimum atomic E-state index is -0.466. The number of nitrogens with zero attached hydrogens (tertiary/aromatic N) is 2. The molecule has 2 aromatic rings. The number of aromatic nitrogens is 2. The first-order chi connectivity index (χ1) is 7.72. The lowest BCUT2D eigenvalue weighted by atomic mass is 10.1. The Morgan fingerprint density at radius 1 is 1.25 bits per heavy atom. The van der Waals surface area contributed by atoms with E-state index < -0.39 is 5.82 Å². The highest BCUT2D eigenvalue weighted by Gasteiger charge is 2.08. The first kappa shape index (κ1) is 10.8. The largest absolute Gasteiger partial charge is 0.371 e. The summed E-state index contributed by atoms with van der Waals surface area (Å²) in [5.74, 6) is 0.135. The third-order valence-electron chi connectivity index (χ3n) is 2.13. The molecule has 0 amide bonds. The summed E-state index contributed by atoms with van der Waals surface area (Å²) in [6, 6.07) is 4.55. The molecule has 5 heteroatoms. The summed E-state index contributed by atoms with van der Waals surface area (Å²) in [6.07, 6.45) is 3.13. The van der Waals surface area contributed by atoms with Crippen LogP contribution in [0.25, 0.3) is 11.3 Å². The van der Waals surface area contributed by atoms with E-state index >= 15 is 0 Å². The van der Waals surface area contributed by atoms with Gasteiger partial charge >= 0.3 is 0 Å². The molecule has 0 fully saturated rings. The van der Waals surface area contributed by atoms with Gasteiger partial charge in [0.15, 0.2) is 5.82 Å². The summed E-state index contributed by atoms with van der Waals surface area (Å²) in [6.45, 7) is 0. The fourth-order valence-corrected chi connectivity index (χ4v) is 1.49. The second-order valence-electron chi connectivity index (χ2n) is 3.13. The van der Waals surface area contributed by atoms with Gasteiger partial charge in [0, 0.05) is 25.0 Å².